The molecule has 2 aromatic carbocycles. The third kappa shape index (κ3) is 2.07. The zero-order valence-electron chi connectivity index (χ0n) is 10.00. The second-order valence-electron chi connectivity index (χ2n) is 4.17. The van der Waals surface area contributed by atoms with Gasteiger partial charge in [-0.3, -0.25) is 0 Å². The molecule has 0 atom stereocenters. The summed E-state index contributed by atoms with van der Waals surface area (Å²) in [6, 6.07) is 14.6. The van der Waals surface area contributed by atoms with Crippen LogP contribution in [0.2, 0.25) is 0 Å². The van der Waals surface area contributed by atoms with Gasteiger partial charge in [0.2, 0.25) is 5.89 Å². The highest BCUT2D eigenvalue weighted by Crippen LogP contribution is 2.25. The van der Waals surface area contributed by atoms with E-state index in [-0.39, 0.29) is 6.61 Å². The van der Waals surface area contributed by atoms with Crippen LogP contribution in [0, 0.1) is 11.3 Å². The molecule has 0 aliphatic carbocycles. The van der Waals surface area contributed by atoms with Crippen LogP contribution >= 0.6 is 0 Å². The fourth-order valence-corrected chi connectivity index (χ4v) is 1.87. The third-order valence-corrected chi connectivity index (χ3v) is 2.90. The van der Waals surface area contributed by atoms with Crippen molar-refractivity contribution in [1.82, 2.24) is 4.98 Å². The number of aliphatic hydroxyl groups is 1. The molecule has 1 aromatic heterocycles. The van der Waals surface area contributed by atoms with E-state index in [1.54, 1.807) is 18.2 Å². The predicted molar refractivity (Wildman–Crippen MR) is 70.1 cm³/mol. The molecule has 19 heavy (non-hydrogen) atoms. The van der Waals surface area contributed by atoms with Gasteiger partial charge in [-0.2, -0.15) is 5.26 Å². The fourth-order valence-electron chi connectivity index (χ4n) is 1.87. The fraction of sp³-hybridized carbons (Fsp3) is 0.0667. The maximum Gasteiger partial charge on any atom is 0.227 e. The van der Waals surface area contributed by atoms with Gasteiger partial charge in [-0.05, 0) is 35.9 Å². The topological polar surface area (TPSA) is 70.0 Å². The van der Waals surface area contributed by atoms with Gasteiger partial charge < -0.3 is 9.52 Å². The van der Waals surface area contributed by atoms with Gasteiger partial charge in [-0.15, -0.1) is 0 Å². The van der Waals surface area contributed by atoms with Crippen LogP contribution in [0.25, 0.3) is 22.6 Å². The normalized spacial score (nSPS) is 10.5. The SMILES string of the molecule is N#Cc1ccc2oc(-c3ccc(CO)cc3)nc2c1. The molecule has 4 heteroatoms. The summed E-state index contributed by atoms with van der Waals surface area (Å²) in [6.45, 7) is 0.0133. The summed E-state index contributed by atoms with van der Waals surface area (Å²) in [6.07, 6.45) is 0. The van der Waals surface area contributed by atoms with Crippen LogP contribution < -0.4 is 0 Å². The van der Waals surface area contributed by atoms with E-state index in [0.717, 1.165) is 11.1 Å². The molecule has 4 nitrogen and oxygen atoms in total. The molecule has 0 saturated heterocycles. The Hall–Kier alpha value is -2.64. The van der Waals surface area contributed by atoms with Crippen molar-refractivity contribution in [2.75, 3.05) is 0 Å². The third-order valence-electron chi connectivity index (χ3n) is 2.90. The molecule has 1 heterocycles. The van der Waals surface area contributed by atoms with E-state index in [0.29, 0.717) is 22.6 Å². The molecule has 1 N–H and O–H groups in total. The average Bonchev–Trinajstić information content (AvgIpc) is 2.90. The summed E-state index contributed by atoms with van der Waals surface area (Å²) in [5.41, 5.74) is 3.56. The highest BCUT2D eigenvalue weighted by atomic mass is 16.3. The summed E-state index contributed by atoms with van der Waals surface area (Å²) in [5, 5.41) is 17.8. The Morgan fingerprint density at radius 3 is 2.63 bits per heavy atom. The van der Waals surface area contributed by atoms with Crippen LogP contribution in [0.3, 0.4) is 0 Å². The monoisotopic (exact) mass is 250 g/mol. The molecule has 0 saturated carbocycles. The van der Waals surface area contributed by atoms with E-state index in [1.807, 2.05) is 24.3 Å². The van der Waals surface area contributed by atoms with Crippen LogP contribution in [0.4, 0.5) is 0 Å². The molecule has 0 amide bonds. The van der Waals surface area contributed by atoms with Gasteiger partial charge >= 0.3 is 0 Å². The van der Waals surface area contributed by atoms with Crippen LogP contribution in [-0.4, -0.2) is 10.1 Å². The minimum absolute atomic E-state index is 0.0133. The number of oxazole rings is 1. The molecule has 0 radical (unpaired) electrons. The van der Waals surface area contributed by atoms with Crippen LogP contribution in [0.1, 0.15) is 11.1 Å². The zero-order valence-corrected chi connectivity index (χ0v) is 10.00. The number of benzene rings is 2. The lowest BCUT2D eigenvalue weighted by atomic mass is 10.1. The van der Waals surface area contributed by atoms with Gasteiger partial charge in [0.05, 0.1) is 18.2 Å². The van der Waals surface area contributed by atoms with Gasteiger partial charge in [0.1, 0.15) is 5.52 Å². The van der Waals surface area contributed by atoms with E-state index >= 15 is 0 Å². The minimum Gasteiger partial charge on any atom is -0.436 e. The van der Waals surface area contributed by atoms with Crippen LogP contribution in [-0.2, 0) is 6.61 Å². The molecule has 0 aliphatic rings. The maximum atomic E-state index is 9.00. The molecule has 3 aromatic rings. The van der Waals surface area contributed by atoms with E-state index in [2.05, 4.69) is 11.1 Å². The van der Waals surface area contributed by atoms with E-state index in [4.69, 9.17) is 14.8 Å². The van der Waals surface area contributed by atoms with Crippen molar-refractivity contribution in [1.29, 1.82) is 5.26 Å². The van der Waals surface area contributed by atoms with Gasteiger partial charge in [0.25, 0.3) is 0 Å². The minimum atomic E-state index is 0.0133. The lowest BCUT2D eigenvalue weighted by molar-refractivity contribution is 0.282. The van der Waals surface area contributed by atoms with Crippen molar-refractivity contribution in [3.63, 3.8) is 0 Å². The number of hydrogen-bond acceptors (Lipinski definition) is 4. The Balaban J connectivity index is 2.07. The van der Waals surface area contributed by atoms with Crippen molar-refractivity contribution in [2.24, 2.45) is 0 Å². The summed E-state index contributed by atoms with van der Waals surface area (Å²) in [4.78, 5) is 4.37. The highest BCUT2D eigenvalue weighted by molar-refractivity contribution is 5.77. The van der Waals surface area contributed by atoms with Crippen LogP contribution in [0.5, 0.6) is 0 Å². The number of hydrogen-bond donors (Lipinski definition) is 1. The Morgan fingerprint density at radius 2 is 1.95 bits per heavy atom. The number of rotatable bonds is 2. The number of nitrogens with zero attached hydrogens (tertiary/aromatic N) is 2. The van der Waals surface area contributed by atoms with Crippen LogP contribution in [0.15, 0.2) is 46.9 Å². The van der Waals surface area contributed by atoms with E-state index in [1.165, 1.54) is 0 Å². The molecule has 0 spiro atoms. The predicted octanol–water partition coefficient (Wildman–Crippen LogP) is 2.86. The number of nitriles is 1. The molecular weight excluding hydrogens is 240 g/mol. The Kier molecular flexibility index (Phi) is 2.75. The molecule has 92 valence electrons. The first kappa shape index (κ1) is 11.5. The molecule has 0 aliphatic heterocycles. The van der Waals surface area contributed by atoms with E-state index in [9.17, 15) is 0 Å². The first-order chi connectivity index (χ1) is 9.30. The summed E-state index contributed by atoms with van der Waals surface area (Å²) >= 11 is 0. The molecule has 0 fully saturated rings. The zero-order chi connectivity index (χ0) is 13.2. The Morgan fingerprint density at radius 1 is 1.16 bits per heavy atom. The number of fused-ring (bicyclic) bond motifs is 1. The van der Waals surface area contributed by atoms with Crippen molar-refractivity contribution >= 4 is 11.1 Å². The van der Waals surface area contributed by atoms with Crippen molar-refractivity contribution in [3.05, 3.63) is 53.6 Å². The standard InChI is InChI=1S/C15H10N2O2/c16-8-11-3-6-14-13(7-11)17-15(19-14)12-4-1-10(9-18)2-5-12/h1-7,18H,9H2. The Labute approximate surface area is 109 Å². The van der Waals surface area contributed by atoms with Gasteiger partial charge in [0.15, 0.2) is 5.58 Å². The lowest BCUT2D eigenvalue weighted by Gasteiger charge is -1.97. The summed E-state index contributed by atoms with van der Waals surface area (Å²) < 4.78 is 5.64. The second-order valence-corrected chi connectivity index (χ2v) is 4.17. The van der Waals surface area contributed by atoms with Crippen molar-refractivity contribution < 1.29 is 9.52 Å². The van der Waals surface area contributed by atoms with Crippen molar-refractivity contribution in [3.8, 4) is 17.5 Å². The quantitative estimate of drug-likeness (QED) is 0.759. The van der Waals surface area contributed by atoms with Crippen molar-refractivity contribution in [2.45, 2.75) is 6.61 Å². The summed E-state index contributed by atoms with van der Waals surface area (Å²) in [7, 11) is 0. The maximum absolute atomic E-state index is 9.00. The molecule has 3 rings (SSSR count). The number of aliphatic hydroxyl groups excluding tert-OH is 1. The van der Waals surface area contributed by atoms with Gasteiger partial charge in [0, 0.05) is 5.56 Å². The first-order valence-corrected chi connectivity index (χ1v) is 5.81. The van der Waals surface area contributed by atoms with Gasteiger partial charge in [-0.1, -0.05) is 12.1 Å². The largest absolute Gasteiger partial charge is 0.436 e. The number of aromatic nitrogens is 1. The molecule has 0 unspecified atom stereocenters. The molecule has 0 bridgehead atoms. The lowest BCUT2D eigenvalue weighted by Crippen LogP contribution is -1.83. The van der Waals surface area contributed by atoms with E-state index < -0.39 is 0 Å². The second kappa shape index (κ2) is 4.56. The smallest absolute Gasteiger partial charge is 0.227 e. The Bertz CT molecular complexity index is 767. The first-order valence-electron chi connectivity index (χ1n) is 5.81. The summed E-state index contributed by atoms with van der Waals surface area (Å²) in [5.74, 6) is 0.509. The highest BCUT2D eigenvalue weighted by Gasteiger charge is 2.08. The van der Waals surface area contributed by atoms with Gasteiger partial charge in [-0.25, -0.2) is 4.98 Å². The molecular formula is C15H10N2O2. The average molecular weight is 250 g/mol.